The summed E-state index contributed by atoms with van der Waals surface area (Å²) in [4.78, 5) is 16.0. The fourth-order valence-corrected chi connectivity index (χ4v) is 3.61. The molecule has 0 saturated heterocycles. The average molecular weight is 402 g/mol. The van der Waals surface area contributed by atoms with Crippen LogP contribution in [0.4, 0.5) is 4.39 Å². The zero-order chi connectivity index (χ0) is 20.9. The van der Waals surface area contributed by atoms with Gasteiger partial charge in [0.2, 0.25) is 5.91 Å². The van der Waals surface area contributed by atoms with Gasteiger partial charge in [-0.1, -0.05) is 42.5 Å². The van der Waals surface area contributed by atoms with Gasteiger partial charge in [0.1, 0.15) is 11.6 Å². The number of rotatable bonds is 7. The third kappa shape index (κ3) is 4.35. The number of benzene rings is 3. The Labute approximate surface area is 174 Å². The minimum Gasteiger partial charge on any atom is -0.494 e. The third-order valence-corrected chi connectivity index (χ3v) is 5.04. The molecule has 1 heterocycles. The van der Waals surface area contributed by atoms with E-state index in [0.29, 0.717) is 6.61 Å². The van der Waals surface area contributed by atoms with Gasteiger partial charge in [-0.25, -0.2) is 4.39 Å². The fourth-order valence-electron chi connectivity index (χ4n) is 3.61. The molecule has 1 atom stereocenters. The molecule has 0 fully saturated rings. The Bertz CT molecular complexity index is 1140. The van der Waals surface area contributed by atoms with Crippen molar-refractivity contribution in [2.24, 2.45) is 0 Å². The number of aromatic amines is 1. The summed E-state index contributed by atoms with van der Waals surface area (Å²) in [5.74, 6) is 0.336. The van der Waals surface area contributed by atoms with Crippen molar-refractivity contribution in [3.05, 3.63) is 102 Å². The Morgan fingerprint density at radius 3 is 2.50 bits per heavy atom. The topological polar surface area (TPSA) is 54.1 Å². The molecule has 152 valence electrons. The average Bonchev–Trinajstić information content (AvgIpc) is 3.15. The predicted octanol–water partition coefficient (Wildman–Crippen LogP) is 5.15. The third-order valence-electron chi connectivity index (χ3n) is 5.04. The number of carbonyl (C=O) groups excluding carboxylic acids is 1. The van der Waals surface area contributed by atoms with Gasteiger partial charge in [-0.15, -0.1) is 0 Å². The second-order valence-corrected chi connectivity index (χ2v) is 7.09. The van der Waals surface area contributed by atoms with E-state index in [2.05, 4.69) is 10.3 Å². The van der Waals surface area contributed by atoms with Gasteiger partial charge < -0.3 is 15.0 Å². The van der Waals surface area contributed by atoms with Crippen molar-refractivity contribution in [3.8, 4) is 5.75 Å². The first-order valence-electron chi connectivity index (χ1n) is 9.96. The smallest absolute Gasteiger partial charge is 0.225 e. The summed E-state index contributed by atoms with van der Waals surface area (Å²) in [6.45, 7) is 2.54. The van der Waals surface area contributed by atoms with Gasteiger partial charge in [0, 0.05) is 17.1 Å². The van der Waals surface area contributed by atoms with Crippen molar-refractivity contribution >= 4 is 16.8 Å². The van der Waals surface area contributed by atoms with E-state index in [4.69, 9.17) is 4.74 Å². The molecule has 1 amide bonds. The zero-order valence-electron chi connectivity index (χ0n) is 16.7. The molecular weight excluding hydrogens is 379 g/mol. The number of halogens is 1. The summed E-state index contributed by atoms with van der Waals surface area (Å²) >= 11 is 0. The molecule has 0 aliphatic rings. The lowest BCUT2D eigenvalue weighted by Crippen LogP contribution is -2.30. The van der Waals surface area contributed by atoms with Gasteiger partial charge in [-0.3, -0.25) is 4.79 Å². The standard InChI is InChI=1S/C25H23FN2O2/c1-2-30-21-11-8-18(9-12-21)25(17-6-4-3-5-7-17)28-24(29)14-19-16-27-23-13-10-20(26)15-22(19)23/h3-13,15-16,25,27H,2,14H2,1H3,(H,28,29). The quantitative estimate of drug-likeness (QED) is 0.449. The van der Waals surface area contributed by atoms with Crippen LogP contribution in [-0.2, 0) is 11.2 Å². The summed E-state index contributed by atoms with van der Waals surface area (Å²) in [7, 11) is 0. The van der Waals surface area contributed by atoms with Crippen LogP contribution >= 0.6 is 0 Å². The van der Waals surface area contributed by atoms with E-state index in [1.54, 1.807) is 12.3 Å². The number of amides is 1. The Kier molecular flexibility index (Phi) is 5.80. The molecular formula is C25H23FN2O2. The second kappa shape index (κ2) is 8.82. The number of hydrogen-bond donors (Lipinski definition) is 2. The van der Waals surface area contributed by atoms with Crippen molar-refractivity contribution in [2.45, 2.75) is 19.4 Å². The Morgan fingerprint density at radius 2 is 1.77 bits per heavy atom. The summed E-state index contributed by atoms with van der Waals surface area (Å²) in [5, 5.41) is 3.86. The highest BCUT2D eigenvalue weighted by atomic mass is 19.1. The van der Waals surface area contributed by atoms with Gasteiger partial charge in [-0.2, -0.15) is 0 Å². The number of ether oxygens (including phenoxy) is 1. The minimum atomic E-state index is -0.319. The molecule has 0 spiro atoms. The lowest BCUT2D eigenvalue weighted by atomic mass is 9.98. The van der Waals surface area contributed by atoms with Crippen LogP contribution in [0.3, 0.4) is 0 Å². The van der Waals surface area contributed by atoms with Gasteiger partial charge in [-0.05, 0) is 53.9 Å². The van der Waals surface area contributed by atoms with Gasteiger partial charge in [0.15, 0.2) is 0 Å². The van der Waals surface area contributed by atoms with E-state index in [1.165, 1.54) is 12.1 Å². The van der Waals surface area contributed by atoms with E-state index >= 15 is 0 Å². The monoisotopic (exact) mass is 402 g/mol. The van der Waals surface area contributed by atoms with Crippen LogP contribution in [0, 0.1) is 5.82 Å². The maximum atomic E-state index is 13.6. The van der Waals surface area contributed by atoms with E-state index < -0.39 is 0 Å². The highest BCUT2D eigenvalue weighted by Crippen LogP contribution is 2.25. The number of nitrogens with one attached hydrogen (secondary N) is 2. The molecule has 0 bridgehead atoms. The summed E-state index contributed by atoms with van der Waals surface area (Å²) in [6.07, 6.45) is 1.92. The van der Waals surface area contributed by atoms with Crippen molar-refractivity contribution in [3.63, 3.8) is 0 Å². The summed E-state index contributed by atoms with van der Waals surface area (Å²) < 4.78 is 19.2. The summed E-state index contributed by atoms with van der Waals surface area (Å²) in [5.41, 5.74) is 3.52. The largest absolute Gasteiger partial charge is 0.494 e. The molecule has 0 saturated carbocycles. The first-order valence-corrected chi connectivity index (χ1v) is 9.96. The van der Waals surface area contributed by atoms with Crippen molar-refractivity contribution in [1.82, 2.24) is 10.3 Å². The number of aromatic nitrogens is 1. The second-order valence-electron chi connectivity index (χ2n) is 7.09. The first kappa shape index (κ1) is 19.7. The van der Waals surface area contributed by atoms with Crippen LogP contribution in [0.2, 0.25) is 0 Å². The number of hydrogen-bond acceptors (Lipinski definition) is 2. The number of H-pyrrole nitrogens is 1. The van der Waals surface area contributed by atoms with Gasteiger partial charge >= 0.3 is 0 Å². The molecule has 0 aliphatic heterocycles. The highest BCUT2D eigenvalue weighted by Gasteiger charge is 2.18. The molecule has 1 aromatic heterocycles. The Balaban J connectivity index is 1.58. The molecule has 5 heteroatoms. The summed E-state index contributed by atoms with van der Waals surface area (Å²) in [6, 6.07) is 21.8. The van der Waals surface area contributed by atoms with Crippen molar-refractivity contribution in [1.29, 1.82) is 0 Å². The van der Waals surface area contributed by atoms with E-state index in [0.717, 1.165) is 33.3 Å². The highest BCUT2D eigenvalue weighted by molar-refractivity contribution is 5.89. The molecule has 4 rings (SSSR count). The molecule has 0 radical (unpaired) electrons. The van der Waals surface area contributed by atoms with Crippen LogP contribution in [0.25, 0.3) is 10.9 Å². The Hall–Kier alpha value is -3.60. The number of carbonyl (C=O) groups is 1. The van der Waals surface area contributed by atoms with Crippen molar-refractivity contribution < 1.29 is 13.9 Å². The molecule has 30 heavy (non-hydrogen) atoms. The molecule has 4 aromatic rings. The van der Waals surface area contributed by atoms with E-state index in [-0.39, 0.29) is 24.2 Å². The van der Waals surface area contributed by atoms with Crippen molar-refractivity contribution in [2.75, 3.05) is 6.61 Å². The molecule has 4 nitrogen and oxygen atoms in total. The SMILES string of the molecule is CCOc1ccc(C(NC(=O)Cc2c[nH]c3ccc(F)cc23)c2ccccc2)cc1. The minimum absolute atomic E-state index is 0.136. The first-order chi connectivity index (χ1) is 14.6. The zero-order valence-corrected chi connectivity index (χ0v) is 16.7. The van der Waals surface area contributed by atoms with Crippen LogP contribution in [0.15, 0.2) is 79.0 Å². The molecule has 2 N–H and O–H groups in total. The van der Waals surface area contributed by atoms with Crippen LogP contribution in [-0.4, -0.2) is 17.5 Å². The molecule has 3 aromatic carbocycles. The van der Waals surface area contributed by atoms with E-state index in [1.807, 2.05) is 61.5 Å². The predicted molar refractivity (Wildman–Crippen MR) is 116 cm³/mol. The van der Waals surface area contributed by atoms with Gasteiger partial charge in [0.25, 0.3) is 0 Å². The lowest BCUT2D eigenvalue weighted by Gasteiger charge is -2.20. The van der Waals surface area contributed by atoms with Gasteiger partial charge in [0.05, 0.1) is 19.1 Å². The Morgan fingerprint density at radius 1 is 1.03 bits per heavy atom. The van der Waals surface area contributed by atoms with Crippen LogP contribution < -0.4 is 10.1 Å². The molecule has 0 aliphatic carbocycles. The maximum absolute atomic E-state index is 13.6. The van der Waals surface area contributed by atoms with E-state index in [9.17, 15) is 9.18 Å². The lowest BCUT2D eigenvalue weighted by molar-refractivity contribution is -0.120. The maximum Gasteiger partial charge on any atom is 0.225 e. The van der Waals surface area contributed by atoms with Crippen LogP contribution in [0.5, 0.6) is 5.75 Å². The number of fused-ring (bicyclic) bond motifs is 1. The van der Waals surface area contributed by atoms with Crippen LogP contribution in [0.1, 0.15) is 29.7 Å². The normalized spacial score (nSPS) is 11.9. The fraction of sp³-hybridized carbons (Fsp3) is 0.160. The molecule has 1 unspecified atom stereocenters.